The van der Waals surface area contributed by atoms with Crippen molar-refractivity contribution >= 4 is 43.3 Å². The number of terminal acetylenes is 1. The van der Waals surface area contributed by atoms with Crippen molar-refractivity contribution in [3.63, 3.8) is 0 Å². The number of rotatable bonds is 5. The zero-order chi connectivity index (χ0) is 26.3. The Morgan fingerprint density at radius 1 is 1.24 bits per heavy atom. The van der Waals surface area contributed by atoms with Crippen molar-refractivity contribution < 1.29 is 22.4 Å². The number of hydrogen-bond acceptors (Lipinski definition) is 9. The fourth-order valence-electron chi connectivity index (χ4n) is 4.39. The highest BCUT2D eigenvalue weighted by Gasteiger charge is 2.40. The lowest BCUT2D eigenvalue weighted by Crippen LogP contribution is -2.57. The first-order valence-electron chi connectivity index (χ1n) is 11.6. The second-order valence-corrected chi connectivity index (χ2v) is 12.3. The Labute approximate surface area is 218 Å². The summed E-state index contributed by atoms with van der Waals surface area (Å²) in [7, 11) is -0.625. The average Bonchev–Trinajstić information content (AvgIpc) is 3.52. The van der Waals surface area contributed by atoms with Crippen LogP contribution in [0.3, 0.4) is 0 Å². The van der Waals surface area contributed by atoms with Crippen LogP contribution in [0, 0.1) is 12.3 Å². The van der Waals surface area contributed by atoms with E-state index in [9.17, 15) is 18.0 Å². The predicted molar refractivity (Wildman–Crippen MR) is 137 cm³/mol. The van der Waals surface area contributed by atoms with Crippen molar-refractivity contribution in [2.75, 3.05) is 33.7 Å². The molecule has 1 atom stereocenters. The Kier molecular flexibility index (Phi) is 6.78. The van der Waals surface area contributed by atoms with E-state index in [1.807, 2.05) is 0 Å². The summed E-state index contributed by atoms with van der Waals surface area (Å²) < 4.78 is 35.2. The van der Waals surface area contributed by atoms with Gasteiger partial charge >= 0.3 is 5.91 Å². The van der Waals surface area contributed by atoms with Gasteiger partial charge in [-0.2, -0.15) is 4.31 Å². The van der Waals surface area contributed by atoms with Gasteiger partial charge in [0.1, 0.15) is 9.97 Å². The number of piperazine rings is 1. The van der Waals surface area contributed by atoms with E-state index >= 15 is 0 Å². The molecule has 2 aliphatic heterocycles. The Bertz CT molecular complexity index is 1500. The topological polar surface area (TPSA) is 128 Å². The molecule has 2 amide bonds. The molecule has 2 aromatic heterocycles. The largest absolute Gasteiger partial charge is 0.436 e. The van der Waals surface area contributed by atoms with Gasteiger partial charge in [-0.15, -0.1) is 17.8 Å². The molecule has 11 nitrogen and oxygen atoms in total. The maximum absolute atomic E-state index is 13.6. The van der Waals surface area contributed by atoms with E-state index < -0.39 is 22.0 Å². The number of hydrogen-bond donors (Lipinski definition) is 2. The molecule has 0 spiro atoms. The first-order chi connectivity index (χ1) is 17.7. The van der Waals surface area contributed by atoms with Crippen LogP contribution in [-0.4, -0.2) is 79.1 Å². The molecule has 3 aromatic rings. The van der Waals surface area contributed by atoms with Crippen LogP contribution in [-0.2, 0) is 27.9 Å². The normalized spacial score (nSPS) is 18.4. The number of amides is 2. The summed E-state index contributed by atoms with van der Waals surface area (Å²) in [4.78, 5) is 33.3. The molecule has 0 saturated carbocycles. The van der Waals surface area contributed by atoms with Crippen molar-refractivity contribution in [3.05, 3.63) is 47.2 Å². The maximum Gasteiger partial charge on any atom is 0.310 e. The summed E-state index contributed by atoms with van der Waals surface area (Å²) in [6, 6.07) is 6.30. The summed E-state index contributed by atoms with van der Waals surface area (Å²) in [5.41, 5.74) is 7.19. The molecule has 2 N–H and O–H groups in total. The molecule has 2 aliphatic rings. The molecular weight excluding hydrogens is 516 g/mol. The van der Waals surface area contributed by atoms with Crippen LogP contribution in [0.4, 0.5) is 0 Å². The third-order valence-corrected chi connectivity index (χ3v) is 9.88. The molecule has 0 radical (unpaired) electrons. The number of benzene rings is 1. The number of thiophene rings is 1. The second-order valence-electron chi connectivity index (χ2n) is 9.07. The van der Waals surface area contributed by atoms with Crippen LogP contribution in [0.25, 0.3) is 10.1 Å². The molecule has 0 aliphatic carbocycles. The summed E-state index contributed by atoms with van der Waals surface area (Å²) >= 11 is 1.15. The lowest BCUT2D eigenvalue weighted by Gasteiger charge is -2.40. The van der Waals surface area contributed by atoms with Gasteiger partial charge in [0.2, 0.25) is 5.91 Å². The zero-order valence-electron chi connectivity index (χ0n) is 20.4. The second kappa shape index (κ2) is 9.88. The van der Waals surface area contributed by atoms with Crippen molar-refractivity contribution in [1.29, 1.82) is 0 Å². The standard InChI is InChI=1S/C24H26N6O5S2/c1-4-15-5-6-16-10-22(36-20(16)9-15)37(33,34)29-7-8-30(17(14-29)11-21(31)28(2)3)24(32)23-27-18-12-25-26-13-19(18)35-23/h1,5-6,9-10,17,25-26H,7-8,11-14H2,2-3H3. The summed E-state index contributed by atoms with van der Waals surface area (Å²) in [5, 5.41) is 0.785. The minimum Gasteiger partial charge on any atom is -0.436 e. The summed E-state index contributed by atoms with van der Waals surface area (Å²) in [5.74, 6) is 2.38. The quantitative estimate of drug-likeness (QED) is 0.457. The van der Waals surface area contributed by atoms with Crippen LogP contribution < -0.4 is 10.9 Å². The van der Waals surface area contributed by atoms with Gasteiger partial charge < -0.3 is 14.2 Å². The molecule has 37 heavy (non-hydrogen) atoms. The Hall–Kier alpha value is -3.28. The molecule has 1 aromatic carbocycles. The van der Waals surface area contributed by atoms with Crippen LogP contribution in [0.15, 0.2) is 32.9 Å². The van der Waals surface area contributed by atoms with E-state index in [0.717, 1.165) is 21.4 Å². The van der Waals surface area contributed by atoms with Gasteiger partial charge in [0.05, 0.1) is 24.8 Å². The van der Waals surface area contributed by atoms with Gasteiger partial charge in [-0.1, -0.05) is 12.0 Å². The predicted octanol–water partition coefficient (Wildman–Crippen LogP) is 0.972. The average molecular weight is 543 g/mol. The van der Waals surface area contributed by atoms with E-state index in [1.165, 1.54) is 14.1 Å². The molecule has 5 rings (SSSR count). The smallest absolute Gasteiger partial charge is 0.310 e. The van der Waals surface area contributed by atoms with Gasteiger partial charge in [-0.3, -0.25) is 15.0 Å². The van der Waals surface area contributed by atoms with Gasteiger partial charge in [-0.05, 0) is 23.6 Å². The van der Waals surface area contributed by atoms with Gasteiger partial charge in [0.15, 0.2) is 0 Å². The molecule has 1 fully saturated rings. The molecular formula is C24H26N6O5S2. The van der Waals surface area contributed by atoms with Crippen LogP contribution in [0.1, 0.15) is 34.1 Å². The monoisotopic (exact) mass is 542 g/mol. The number of sulfonamides is 1. The van der Waals surface area contributed by atoms with Crippen molar-refractivity contribution in [1.82, 2.24) is 29.9 Å². The minimum absolute atomic E-state index is 0.0267. The van der Waals surface area contributed by atoms with Crippen LogP contribution >= 0.6 is 11.3 Å². The maximum atomic E-state index is 13.6. The number of fused-ring (bicyclic) bond motifs is 2. The number of hydrazine groups is 1. The first-order valence-corrected chi connectivity index (χ1v) is 13.9. The fourth-order valence-corrected chi connectivity index (χ4v) is 7.45. The summed E-state index contributed by atoms with van der Waals surface area (Å²) in [6.45, 7) is 0.954. The molecule has 0 bridgehead atoms. The van der Waals surface area contributed by atoms with Crippen molar-refractivity contribution in [3.8, 4) is 12.3 Å². The highest BCUT2D eigenvalue weighted by Crippen LogP contribution is 2.33. The van der Waals surface area contributed by atoms with E-state index in [-0.39, 0.29) is 42.1 Å². The number of nitrogens with one attached hydrogen (secondary N) is 2. The first kappa shape index (κ1) is 25.4. The van der Waals surface area contributed by atoms with E-state index in [0.29, 0.717) is 30.1 Å². The van der Waals surface area contributed by atoms with Crippen molar-refractivity contribution in [2.45, 2.75) is 29.8 Å². The Morgan fingerprint density at radius 2 is 2.03 bits per heavy atom. The van der Waals surface area contributed by atoms with Gasteiger partial charge in [-0.25, -0.2) is 18.8 Å². The lowest BCUT2D eigenvalue weighted by atomic mass is 10.1. The highest BCUT2D eigenvalue weighted by atomic mass is 32.2. The molecule has 1 unspecified atom stereocenters. The molecule has 4 heterocycles. The number of aromatic nitrogens is 1. The number of carbonyl (C=O) groups is 2. The van der Waals surface area contributed by atoms with Crippen LogP contribution in [0.5, 0.6) is 0 Å². The number of carbonyl (C=O) groups excluding carboxylic acids is 2. The SMILES string of the molecule is C#Cc1ccc2cc(S(=O)(=O)N3CCN(C(=O)c4nc5c(o4)CNNC5)C(CC(=O)N(C)C)C3)sc2c1. The zero-order valence-corrected chi connectivity index (χ0v) is 22.0. The Balaban J connectivity index is 1.42. The molecule has 194 valence electrons. The molecule has 1 saturated heterocycles. The third-order valence-electron chi connectivity index (χ3n) is 6.46. The van der Waals surface area contributed by atoms with Crippen molar-refractivity contribution in [2.24, 2.45) is 0 Å². The van der Waals surface area contributed by atoms with Gasteiger partial charge in [0, 0.05) is 50.4 Å². The number of oxazole rings is 1. The number of nitrogens with zero attached hydrogens (tertiary/aromatic N) is 4. The fraction of sp³-hybridized carbons (Fsp3) is 0.375. The van der Waals surface area contributed by atoms with E-state index in [2.05, 4.69) is 21.8 Å². The lowest BCUT2D eigenvalue weighted by molar-refractivity contribution is -0.130. The van der Waals surface area contributed by atoms with Crippen LogP contribution in [0.2, 0.25) is 0 Å². The highest BCUT2D eigenvalue weighted by molar-refractivity contribution is 7.91. The van der Waals surface area contributed by atoms with E-state index in [1.54, 1.807) is 38.4 Å². The summed E-state index contributed by atoms with van der Waals surface area (Å²) in [6.07, 6.45) is 5.45. The third kappa shape index (κ3) is 4.86. The molecule has 13 heteroatoms. The Morgan fingerprint density at radius 3 is 2.76 bits per heavy atom. The van der Waals surface area contributed by atoms with E-state index in [4.69, 9.17) is 10.8 Å². The minimum atomic E-state index is -3.87. The van der Waals surface area contributed by atoms with Gasteiger partial charge in [0.25, 0.3) is 15.9 Å².